The number of hydrogen-bond acceptors (Lipinski definition) is 4. The van der Waals surface area contributed by atoms with Gasteiger partial charge in [-0.3, -0.25) is 0 Å². The highest BCUT2D eigenvalue weighted by Gasteiger charge is 2.01. The highest BCUT2D eigenvalue weighted by atomic mass is 32.2. The Labute approximate surface area is 94.5 Å². The predicted molar refractivity (Wildman–Crippen MR) is 66.2 cm³/mol. The largest absolute Gasteiger partial charge is 0.311 e. The van der Waals surface area contributed by atoms with Crippen LogP contribution < -0.4 is 5.32 Å². The van der Waals surface area contributed by atoms with Crippen LogP contribution in [0.1, 0.15) is 23.7 Å². The molecule has 14 heavy (non-hydrogen) atoms. The molecule has 0 saturated carbocycles. The molecule has 0 aliphatic rings. The number of nitrogens with zero attached hydrogens (tertiary/aromatic N) is 1. The molecule has 0 aliphatic carbocycles. The van der Waals surface area contributed by atoms with E-state index in [1.807, 2.05) is 29.3 Å². The summed E-state index contributed by atoms with van der Waals surface area (Å²) in [5.74, 6) is 0. The Morgan fingerprint density at radius 2 is 2.43 bits per heavy atom. The van der Waals surface area contributed by atoms with E-state index >= 15 is 0 Å². The second kappa shape index (κ2) is 6.43. The zero-order chi connectivity index (χ0) is 10.4. The third kappa shape index (κ3) is 3.98. The molecule has 1 rings (SSSR count). The first-order valence-electron chi connectivity index (χ1n) is 4.93. The Balaban J connectivity index is 2.24. The minimum atomic E-state index is 0.688. The summed E-state index contributed by atoms with van der Waals surface area (Å²) < 4.78 is 0. The van der Waals surface area contributed by atoms with Crippen molar-refractivity contribution in [2.45, 2.75) is 32.1 Å². The summed E-state index contributed by atoms with van der Waals surface area (Å²) in [4.78, 5) is 5.67. The summed E-state index contributed by atoms with van der Waals surface area (Å²) in [5, 5.41) is 5.36. The topological polar surface area (TPSA) is 24.9 Å². The Morgan fingerprint density at radius 1 is 1.64 bits per heavy atom. The summed E-state index contributed by atoms with van der Waals surface area (Å²) in [5.41, 5.74) is 0. The second-order valence-corrected chi connectivity index (χ2v) is 5.73. The Bertz CT molecular complexity index is 260. The maximum absolute atomic E-state index is 4.33. The summed E-state index contributed by atoms with van der Waals surface area (Å²) in [6, 6.07) is 0. The zero-order valence-corrected chi connectivity index (χ0v) is 10.7. The van der Waals surface area contributed by atoms with E-state index in [9.17, 15) is 0 Å². The molecule has 0 bridgehead atoms. The molecule has 0 spiro atoms. The van der Waals surface area contributed by atoms with Crippen LogP contribution in [0, 0.1) is 0 Å². The Hall–Kier alpha value is -0.0600. The zero-order valence-electron chi connectivity index (χ0n) is 9.04. The molecule has 1 N–H and O–H groups in total. The van der Waals surface area contributed by atoms with Crippen molar-refractivity contribution in [3.63, 3.8) is 0 Å². The molecular weight excluding hydrogens is 212 g/mol. The first-order valence-corrected chi connectivity index (χ1v) is 7.03. The van der Waals surface area contributed by atoms with Crippen molar-refractivity contribution < 1.29 is 0 Å². The molecule has 0 saturated heterocycles. The maximum atomic E-state index is 4.33. The number of aryl methyl sites for hydroxylation is 1. The maximum Gasteiger partial charge on any atom is 0.0925 e. The lowest BCUT2D eigenvalue weighted by Crippen LogP contribution is -2.21. The van der Waals surface area contributed by atoms with Gasteiger partial charge >= 0.3 is 0 Å². The lowest BCUT2D eigenvalue weighted by atomic mass is 10.4. The Morgan fingerprint density at radius 3 is 3.00 bits per heavy atom. The highest BCUT2D eigenvalue weighted by Crippen LogP contribution is 2.13. The van der Waals surface area contributed by atoms with Crippen molar-refractivity contribution in [1.82, 2.24) is 10.3 Å². The van der Waals surface area contributed by atoms with Crippen LogP contribution in [-0.4, -0.2) is 23.0 Å². The normalized spacial score (nSPS) is 13.1. The molecule has 0 amide bonds. The van der Waals surface area contributed by atoms with Gasteiger partial charge in [-0.05, 0) is 12.7 Å². The van der Waals surface area contributed by atoms with E-state index in [0.29, 0.717) is 5.25 Å². The van der Waals surface area contributed by atoms with Gasteiger partial charge in [0.25, 0.3) is 0 Å². The highest BCUT2D eigenvalue weighted by molar-refractivity contribution is 7.99. The predicted octanol–water partition coefficient (Wildman–Crippen LogP) is 2.55. The van der Waals surface area contributed by atoms with Crippen LogP contribution in [0.4, 0.5) is 0 Å². The van der Waals surface area contributed by atoms with E-state index < -0.39 is 0 Å². The molecule has 2 nitrogen and oxygen atoms in total. The summed E-state index contributed by atoms with van der Waals surface area (Å²) in [6.07, 6.45) is 5.18. The molecule has 1 heterocycles. The SMILES string of the molecule is CCc1ncc(CNCC(C)SC)s1. The first kappa shape index (κ1) is 12.0. The standard InChI is InChI=1S/C10H18N2S2/c1-4-10-12-7-9(14-10)6-11-5-8(2)13-3/h7-8,11H,4-6H2,1-3H3. The molecule has 0 aliphatic heterocycles. The minimum Gasteiger partial charge on any atom is -0.311 e. The molecule has 0 fully saturated rings. The fourth-order valence-electron chi connectivity index (χ4n) is 1.08. The molecule has 1 unspecified atom stereocenters. The van der Waals surface area contributed by atoms with E-state index in [1.54, 1.807) is 0 Å². The average Bonchev–Trinajstić information content (AvgIpc) is 2.65. The fraction of sp³-hybridized carbons (Fsp3) is 0.700. The lowest BCUT2D eigenvalue weighted by Gasteiger charge is -2.07. The van der Waals surface area contributed by atoms with Gasteiger partial charge in [0.15, 0.2) is 0 Å². The smallest absolute Gasteiger partial charge is 0.0925 e. The molecule has 1 aromatic rings. The third-order valence-corrected chi connectivity index (χ3v) is 4.15. The Kier molecular flexibility index (Phi) is 5.52. The fourth-order valence-corrected chi connectivity index (χ4v) is 2.19. The van der Waals surface area contributed by atoms with Crippen molar-refractivity contribution in [1.29, 1.82) is 0 Å². The van der Waals surface area contributed by atoms with Gasteiger partial charge in [-0.2, -0.15) is 11.8 Å². The molecule has 0 aromatic carbocycles. The van der Waals surface area contributed by atoms with E-state index in [4.69, 9.17) is 0 Å². The van der Waals surface area contributed by atoms with Gasteiger partial charge in [-0.15, -0.1) is 11.3 Å². The van der Waals surface area contributed by atoms with E-state index in [-0.39, 0.29) is 0 Å². The van der Waals surface area contributed by atoms with Crippen LogP contribution >= 0.6 is 23.1 Å². The van der Waals surface area contributed by atoms with E-state index in [1.165, 1.54) is 9.88 Å². The average molecular weight is 230 g/mol. The van der Waals surface area contributed by atoms with Crippen LogP contribution in [0.5, 0.6) is 0 Å². The molecule has 0 radical (unpaired) electrons. The van der Waals surface area contributed by atoms with Crippen molar-refractivity contribution in [2.24, 2.45) is 0 Å². The van der Waals surface area contributed by atoms with Crippen LogP contribution in [-0.2, 0) is 13.0 Å². The van der Waals surface area contributed by atoms with Gasteiger partial charge < -0.3 is 5.32 Å². The van der Waals surface area contributed by atoms with Crippen LogP contribution in [0.25, 0.3) is 0 Å². The lowest BCUT2D eigenvalue weighted by molar-refractivity contribution is 0.690. The molecule has 1 aromatic heterocycles. The van der Waals surface area contributed by atoms with Gasteiger partial charge in [0.05, 0.1) is 5.01 Å². The number of thiazole rings is 1. The first-order chi connectivity index (χ1) is 6.76. The second-order valence-electron chi connectivity index (χ2n) is 3.25. The van der Waals surface area contributed by atoms with Gasteiger partial charge in [0.1, 0.15) is 0 Å². The molecule has 4 heteroatoms. The van der Waals surface area contributed by atoms with Crippen LogP contribution in [0.3, 0.4) is 0 Å². The van der Waals surface area contributed by atoms with E-state index in [0.717, 1.165) is 19.5 Å². The van der Waals surface area contributed by atoms with Gasteiger partial charge in [-0.25, -0.2) is 4.98 Å². The number of thioether (sulfide) groups is 1. The van der Waals surface area contributed by atoms with Gasteiger partial charge in [0, 0.05) is 29.4 Å². The van der Waals surface area contributed by atoms with Crippen molar-refractivity contribution >= 4 is 23.1 Å². The van der Waals surface area contributed by atoms with Gasteiger partial charge in [-0.1, -0.05) is 13.8 Å². The third-order valence-electron chi connectivity index (χ3n) is 2.04. The number of nitrogens with one attached hydrogen (secondary N) is 1. The van der Waals surface area contributed by atoms with Gasteiger partial charge in [0.2, 0.25) is 0 Å². The van der Waals surface area contributed by atoms with E-state index in [2.05, 4.69) is 30.4 Å². The summed E-state index contributed by atoms with van der Waals surface area (Å²) in [6.45, 7) is 6.41. The number of rotatable bonds is 6. The minimum absolute atomic E-state index is 0.688. The van der Waals surface area contributed by atoms with Crippen LogP contribution in [0.2, 0.25) is 0 Å². The quantitative estimate of drug-likeness (QED) is 0.813. The molecule has 1 atom stereocenters. The molecular formula is C10H18N2S2. The monoisotopic (exact) mass is 230 g/mol. The number of aromatic nitrogens is 1. The van der Waals surface area contributed by atoms with Crippen molar-refractivity contribution in [3.05, 3.63) is 16.1 Å². The van der Waals surface area contributed by atoms with Crippen molar-refractivity contribution in [3.8, 4) is 0 Å². The van der Waals surface area contributed by atoms with Crippen LogP contribution in [0.15, 0.2) is 6.20 Å². The summed E-state index contributed by atoms with van der Waals surface area (Å²) in [7, 11) is 0. The van der Waals surface area contributed by atoms with Crippen molar-refractivity contribution in [2.75, 3.05) is 12.8 Å². The summed E-state index contributed by atoms with van der Waals surface area (Å²) >= 11 is 3.71. The number of hydrogen-bond donors (Lipinski definition) is 1. The molecule has 80 valence electrons.